The Hall–Kier alpha value is -2.42. The molecule has 1 N–H and O–H groups in total. The molecular weight excluding hydrogens is 234 g/mol. The average molecular weight is 249 g/mol. The van der Waals surface area contributed by atoms with E-state index in [1.54, 1.807) is 6.20 Å². The number of para-hydroxylation sites is 2. The highest BCUT2D eigenvalue weighted by Gasteiger charge is 1.99. The van der Waals surface area contributed by atoms with Gasteiger partial charge in [-0.1, -0.05) is 31.2 Å². The second-order valence-electron chi connectivity index (χ2n) is 4.42. The lowest BCUT2D eigenvalue weighted by Gasteiger charge is -2.06. The van der Waals surface area contributed by atoms with Crippen molar-refractivity contribution in [3.05, 3.63) is 60.3 Å². The number of benzene rings is 2. The fraction of sp³-hybridized carbons (Fsp3) is 0.125. The third-order valence-corrected chi connectivity index (χ3v) is 3.08. The van der Waals surface area contributed by atoms with E-state index in [4.69, 9.17) is 0 Å². The molecule has 3 heteroatoms. The molecule has 0 atom stereocenters. The molecule has 0 unspecified atom stereocenters. The van der Waals surface area contributed by atoms with Crippen LogP contribution in [-0.4, -0.2) is 9.97 Å². The van der Waals surface area contributed by atoms with Crippen molar-refractivity contribution in [1.29, 1.82) is 0 Å². The standard InChI is InChI=1S/C16H15N3/c1-2-12-7-9-13(10-8-12)18-16-11-17-14-5-3-4-6-15(14)19-16/h3-11H,2H2,1H3,(H,18,19). The first-order valence-electron chi connectivity index (χ1n) is 6.43. The molecule has 1 heterocycles. The summed E-state index contributed by atoms with van der Waals surface area (Å²) < 4.78 is 0. The molecule has 2 aromatic carbocycles. The summed E-state index contributed by atoms with van der Waals surface area (Å²) in [5.41, 5.74) is 4.17. The molecule has 0 aliphatic rings. The lowest BCUT2D eigenvalue weighted by atomic mass is 10.1. The highest BCUT2D eigenvalue weighted by molar-refractivity contribution is 5.76. The quantitative estimate of drug-likeness (QED) is 0.764. The summed E-state index contributed by atoms with van der Waals surface area (Å²) in [6.45, 7) is 2.15. The predicted octanol–water partition coefficient (Wildman–Crippen LogP) is 3.94. The van der Waals surface area contributed by atoms with Gasteiger partial charge in [-0.05, 0) is 36.2 Å². The Morgan fingerprint density at radius 1 is 0.947 bits per heavy atom. The molecule has 0 saturated heterocycles. The topological polar surface area (TPSA) is 37.8 Å². The van der Waals surface area contributed by atoms with Gasteiger partial charge >= 0.3 is 0 Å². The Labute approximate surface area is 112 Å². The molecule has 0 fully saturated rings. The van der Waals surface area contributed by atoms with E-state index in [1.807, 2.05) is 24.3 Å². The van der Waals surface area contributed by atoms with Crippen molar-refractivity contribution in [2.45, 2.75) is 13.3 Å². The zero-order chi connectivity index (χ0) is 13.1. The monoisotopic (exact) mass is 249 g/mol. The molecule has 19 heavy (non-hydrogen) atoms. The van der Waals surface area contributed by atoms with Crippen LogP contribution in [0.3, 0.4) is 0 Å². The molecule has 1 aromatic heterocycles. The number of rotatable bonds is 3. The minimum Gasteiger partial charge on any atom is -0.339 e. The van der Waals surface area contributed by atoms with E-state index in [1.165, 1.54) is 5.56 Å². The normalized spacial score (nSPS) is 10.6. The van der Waals surface area contributed by atoms with Gasteiger partial charge in [-0.2, -0.15) is 0 Å². The Bertz CT molecular complexity index is 690. The van der Waals surface area contributed by atoms with E-state index in [-0.39, 0.29) is 0 Å². The van der Waals surface area contributed by atoms with Crippen LogP contribution in [0, 0.1) is 0 Å². The summed E-state index contributed by atoms with van der Waals surface area (Å²) >= 11 is 0. The number of nitrogens with zero attached hydrogens (tertiary/aromatic N) is 2. The van der Waals surface area contributed by atoms with Gasteiger partial charge in [0.25, 0.3) is 0 Å². The first-order valence-corrected chi connectivity index (χ1v) is 6.43. The predicted molar refractivity (Wildman–Crippen MR) is 78.6 cm³/mol. The van der Waals surface area contributed by atoms with E-state index in [0.29, 0.717) is 0 Å². The summed E-state index contributed by atoms with van der Waals surface area (Å²) in [6.07, 6.45) is 2.81. The number of fused-ring (bicyclic) bond motifs is 1. The Balaban J connectivity index is 1.87. The number of anilines is 2. The van der Waals surface area contributed by atoms with Crippen molar-refractivity contribution in [3.63, 3.8) is 0 Å². The zero-order valence-corrected chi connectivity index (χ0v) is 10.8. The first kappa shape index (κ1) is 11.7. The van der Waals surface area contributed by atoms with Crippen molar-refractivity contribution in [2.75, 3.05) is 5.32 Å². The van der Waals surface area contributed by atoms with Gasteiger partial charge in [-0.3, -0.25) is 4.98 Å². The van der Waals surface area contributed by atoms with Crippen molar-refractivity contribution in [1.82, 2.24) is 9.97 Å². The molecule has 0 amide bonds. The SMILES string of the molecule is CCc1ccc(Nc2cnc3ccccc3n2)cc1. The third-order valence-electron chi connectivity index (χ3n) is 3.08. The van der Waals surface area contributed by atoms with Gasteiger partial charge in [0.2, 0.25) is 0 Å². The minimum absolute atomic E-state index is 0.767. The van der Waals surface area contributed by atoms with Crippen LogP contribution in [0.1, 0.15) is 12.5 Å². The molecule has 3 rings (SSSR count). The Morgan fingerprint density at radius 2 is 1.68 bits per heavy atom. The largest absolute Gasteiger partial charge is 0.339 e. The van der Waals surface area contributed by atoms with Crippen molar-refractivity contribution < 1.29 is 0 Å². The van der Waals surface area contributed by atoms with E-state index in [0.717, 1.165) is 29.0 Å². The third kappa shape index (κ3) is 2.55. The van der Waals surface area contributed by atoms with Gasteiger partial charge in [-0.25, -0.2) is 4.98 Å². The maximum absolute atomic E-state index is 4.54. The van der Waals surface area contributed by atoms with E-state index in [9.17, 15) is 0 Å². The van der Waals surface area contributed by atoms with Crippen LogP contribution in [0.4, 0.5) is 11.5 Å². The maximum atomic E-state index is 4.54. The molecule has 0 aliphatic heterocycles. The lowest BCUT2D eigenvalue weighted by Crippen LogP contribution is -1.95. The second-order valence-corrected chi connectivity index (χ2v) is 4.42. The Morgan fingerprint density at radius 3 is 2.42 bits per heavy atom. The fourth-order valence-corrected chi connectivity index (χ4v) is 1.99. The first-order chi connectivity index (χ1) is 9.35. The van der Waals surface area contributed by atoms with Crippen LogP contribution in [0.5, 0.6) is 0 Å². The molecule has 0 radical (unpaired) electrons. The minimum atomic E-state index is 0.767. The molecule has 3 aromatic rings. The van der Waals surface area contributed by atoms with Gasteiger partial charge < -0.3 is 5.32 Å². The number of aryl methyl sites for hydroxylation is 1. The van der Waals surface area contributed by atoms with Crippen molar-refractivity contribution in [2.24, 2.45) is 0 Å². The number of hydrogen-bond acceptors (Lipinski definition) is 3. The molecule has 3 nitrogen and oxygen atoms in total. The highest BCUT2D eigenvalue weighted by atomic mass is 15.0. The van der Waals surface area contributed by atoms with E-state index < -0.39 is 0 Å². The Kier molecular flexibility index (Phi) is 3.11. The maximum Gasteiger partial charge on any atom is 0.149 e. The molecule has 0 spiro atoms. The summed E-state index contributed by atoms with van der Waals surface area (Å²) in [5, 5.41) is 3.27. The van der Waals surface area contributed by atoms with E-state index in [2.05, 4.69) is 46.5 Å². The van der Waals surface area contributed by atoms with Crippen LogP contribution >= 0.6 is 0 Å². The van der Waals surface area contributed by atoms with Crippen molar-refractivity contribution in [3.8, 4) is 0 Å². The van der Waals surface area contributed by atoms with Crippen LogP contribution < -0.4 is 5.32 Å². The summed E-state index contributed by atoms with van der Waals surface area (Å²) in [5.74, 6) is 0.767. The van der Waals surface area contributed by atoms with Gasteiger partial charge in [0.05, 0.1) is 17.2 Å². The smallest absolute Gasteiger partial charge is 0.149 e. The summed E-state index contributed by atoms with van der Waals surface area (Å²) in [6, 6.07) is 16.2. The van der Waals surface area contributed by atoms with Gasteiger partial charge in [0.15, 0.2) is 0 Å². The van der Waals surface area contributed by atoms with Crippen molar-refractivity contribution >= 4 is 22.5 Å². The van der Waals surface area contributed by atoms with Crippen LogP contribution in [0.15, 0.2) is 54.7 Å². The molecular formula is C16H15N3. The summed E-state index contributed by atoms with van der Waals surface area (Å²) in [4.78, 5) is 8.93. The van der Waals surface area contributed by atoms with Gasteiger partial charge in [0.1, 0.15) is 5.82 Å². The number of nitrogens with one attached hydrogen (secondary N) is 1. The average Bonchev–Trinajstić information content (AvgIpc) is 2.48. The number of aromatic nitrogens is 2. The van der Waals surface area contributed by atoms with Crippen LogP contribution in [0.2, 0.25) is 0 Å². The van der Waals surface area contributed by atoms with Crippen LogP contribution in [0.25, 0.3) is 11.0 Å². The van der Waals surface area contributed by atoms with Crippen LogP contribution in [-0.2, 0) is 6.42 Å². The lowest BCUT2D eigenvalue weighted by molar-refractivity contribution is 1.14. The van der Waals surface area contributed by atoms with E-state index >= 15 is 0 Å². The van der Waals surface area contributed by atoms with Gasteiger partial charge in [0, 0.05) is 5.69 Å². The molecule has 0 saturated carbocycles. The fourth-order valence-electron chi connectivity index (χ4n) is 1.99. The molecule has 0 aliphatic carbocycles. The van der Waals surface area contributed by atoms with Gasteiger partial charge in [-0.15, -0.1) is 0 Å². The molecule has 0 bridgehead atoms. The summed E-state index contributed by atoms with van der Waals surface area (Å²) in [7, 11) is 0. The number of hydrogen-bond donors (Lipinski definition) is 1. The molecule has 94 valence electrons. The zero-order valence-electron chi connectivity index (χ0n) is 10.8. The highest BCUT2D eigenvalue weighted by Crippen LogP contribution is 2.17. The second kappa shape index (κ2) is 5.06.